The second-order valence-electron chi connectivity index (χ2n) is 7.31. The number of aromatic nitrogens is 2. The minimum absolute atomic E-state index is 0.0925. The first-order chi connectivity index (χ1) is 14.6. The third-order valence-corrected chi connectivity index (χ3v) is 5.95. The number of hydrogen-bond acceptors (Lipinski definition) is 4. The van der Waals surface area contributed by atoms with Crippen LogP contribution < -0.4 is 10.1 Å². The van der Waals surface area contributed by atoms with Crippen LogP contribution in [0.25, 0.3) is 15.9 Å². The van der Waals surface area contributed by atoms with Crippen LogP contribution in [-0.2, 0) is 6.54 Å². The van der Waals surface area contributed by atoms with Crippen molar-refractivity contribution in [2.75, 3.05) is 6.61 Å². The molecule has 154 valence electrons. The van der Waals surface area contributed by atoms with E-state index in [4.69, 9.17) is 4.74 Å². The lowest BCUT2D eigenvalue weighted by Gasteiger charge is -2.09. The van der Waals surface area contributed by atoms with E-state index in [2.05, 4.69) is 30.2 Å². The average Bonchev–Trinajstić information content (AvgIpc) is 3.38. The van der Waals surface area contributed by atoms with E-state index in [-0.39, 0.29) is 5.91 Å². The molecule has 0 fully saturated rings. The molecule has 1 amide bonds. The lowest BCUT2D eigenvalue weighted by Crippen LogP contribution is -2.23. The monoisotopic (exact) mass is 419 g/mol. The van der Waals surface area contributed by atoms with E-state index >= 15 is 0 Å². The van der Waals surface area contributed by atoms with Crippen LogP contribution in [0.3, 0.4) is 0 Å². The van der Waals surface area contributed by atoms with Gasteiger partial charge in [-0.25, -0.2) is 4.98 Å². The largest absolute Gasteiger partial charge is 0.494 e. The molecule has 0 radical (unpaired) electrons. The van der Waals surface area contributed by atoms with Crippen molar-refractivity contribution in [3.8, 4) is 11.4 Å². The van der Waals surface area contributed by atoms with Crippen LogP contribution in [0.2, 0.25) is 0 Å². The van der Waals surface area contributed by atoms with Gasteiger partial charge >= 0.3 is 0 Å². The van der Waals surface area contributed by atoms with Gasteiger partial charge in [0.2, 0.25) is 0 Å². The number of thiophene rings is 1. The van der Waals surface area contributed by atoms with Gasteiger partial charge in [0.1, 0.15) is 15.5 Å². The van der Waals surface area contributed by atoms with Gasteiger partial charge in [0, 0.05) is 30.0 Å². The molecule has 0 atom stereocenters. The van der Waals surface area contributed by atoms with E-state index in [0.29, 0.717) is 18.0 Å². The van der Waals surface area contributed by atoms with Crippen molar-refractivity contribution in [1.29, 1.82) is 0 Å². The van der Waals surface area contributed by atoms with Gasteiger partial charge in [-0.15, -0.1) is 11.3 Å². The van der Waals surface area contributed by atoms with E-state index < -0.39 is 0 Å². The Bertz CT molecular complexity index is 1160. The lowest BCUT2D eigenvalue weighted by molar-refractivity contribution is 0.0955. The van der Waals surface area contributed by atoms with Gasteiger partial charge in [-0.2, -0.15) is 0 Å². The van der Waals surface area contributed by atoms with Crippen molar-refractivity contribution in [1.82, 2.24) is 14.9 Å². The zero-order chi connectivity index (χ0) is 21.1. The Morgan fingerprint density at radius 3 is 2.60 bits per heavy atom. The SMILES string of the molecule is CCCOc1ccc(CNC(=O)c2sc3nc(C)cc(C)c3c2-n2cccc2)cc1. The Balaban J connectivity index is 1.60. The molecule has 5 nitrogen and oxygen atoms in total. The van der Waals surface area contributed by atoms with E-state index in [1.807, 2.05) is 60.3 Å². The number of fused-ring (bicyclic) bond motifs is 1. The molecule has 4 aromatic rings. The molecule has 3 heterocycles. The number of rotatable bonds is 7. The fourth-order valence-electron chi connectivity index (χ4n) is 3.49. The van der Waals surface area contributed by atoms with Crippen LogP contribution in [0.1, 0.15) is 39.8 Å². The molecule has 1 N–H and O–H groups in total. The zero-order valence-corrected chi connectivity index (χ0v) is 18.3. The molecule has 0 unspecified atom stereocenters. The predicted molar refractivity (Wildman–Crippen MR) is 122 cm³/mol. The van der Waals surface area contributed by atoms with E-state index in [1.54, 1.807) is 0 Å². The van der Waals surface area contributed by atoms with Crippen LogP contribution in [0, 0.1) is 13.8 Å². The first-order valence-electron chi connectivity index (χ1n) is 10.1. The third kappa shape index (κ3) is 4.09. The average molecular weight is 420 g/mol. The number of benzene rings is 1. The van der Waals surface area contributed by atoms with Gasteiger partial charge in [-0.3, -0.25) is 4.79 Å². The maximum Gasteiger partial charge on any atom is 0.263 e. The van der Waals surface area contributed by atoms with Crippen LogP contribution in [0.4, 0.5) is 0 Å². The van der Waals surface area contributed by atoms with Crippen molar-refractivity contribution in [2.45, 2.75) is 33.7 Å². The first kappa shape index (κ1) is 20.2. The van der Waals surface area contributed by atoms with E-state index in [1.165, 1.54) is 11.3 Å². The molecule has 30 heavy (non-hydrogen) atoms. The third-order valence-electron chi connectivity index (χ3n) is 4.88. The molecule has 0 aliphatic rings. The van der Waals surface area contributed by atoms with Gasteiger partial charge in [0.25, 0.3) is 5.91 Å². The summed E-state index contributed by atoms with van der Waals surface area (Å²) in [6.45, 7) is 7.29. The first-order valence-corrected chi connectivity index (χ1v) is 10.9. The molecule has 0 spiro atoms. The highest BCUT2D eigenvalue weighted by molar-refractivity contribution is 7.21. The molecule has 0 aliphatic heterocycles. The Morgan fingerprint density at radius 2 is 1.90 bits per heavy atom. The molecule has 3 aromatic heterocycles. The van der Waals surface area contributed by atoms with Crippen molar-refractivity contribution in [2.24, 2.45) is 0 Å². The second-order valence-corrected chi connectivity index (χ2v) is 8.30. The van der Waals surface area contributed by atoms with Crippen LogP contribution in [0.5, 0.6) is 5.75 Å². The minimum Gasteiger partial charge on any atom is -0.494 e. The number of nitrogens with zero attached hydrogens (tertiary/aromatic N) is 2. The normalized spacial score (nSPS) is 11.0. The number of ether oxygens (including phenoxy) is 1. The van der Waals surface area contributed by atoms with Gasteiger partial charge < -0.3 is 14.6 Å². The Hall–Kier alpha value is -3.12. The smallest absolute Gasteiger partial charge is 0.263 e. The summed E-state index contributed by atoms with van der Waals surface area (Å²) in [5, 5.41) is 4.10. The number of amides is 1. The number of nitrogens with one attached hydrogen (secondary N) is 1. The Labute approximate surface area is 180 Å². The van der Waals surface area contributed by atoms with Gasteiger partial charge in [0.05, 0.1) is 12.3 Å². The number of hydrogen-bond donors (Lipinski definition) is 1. The van der Waals surface area contributed by atoms with Gasteiger partial charge in [0.15, 0.2) is 0 Å². The van der Waals surface area contributed by atoms with Gasteiger partial charge in [-0.1, -0.05) is 19.1 Å². The molecule has 4 rings (SSSR count). The maximum atomic E-state index is 13.1. The Morgan fingerprint density at radius 1 is 1.17 bits per heavy atom. The number of carbonyl (C=O) groups excluding carboxylic acids is 1. The molecular weight excluding hydrogens is 394 g/mol. The van der Waals surface area contributed by atoms with Crippen molar-refractivity contribution >= 4 is 27.5 Å². The topological polar surface area (TPSA) is 56.1 Å². The summed E-state index contributed by atoms with van der Waals surface area (Å²) in [7, 11) is 0. The predicted octanol–water partition coefficient (Wildman–Crippen LogP) is 5.42. The molecule has 0 saturated carbocycles. The highest BCUT2D eigenvalue weighted by Gasteiger charge is 2.22. The highest BCUT2D eigenvalue weighted by Crippen LogP contribution is 2.35. The molecule has 6 heteroatoms. The molecule has 1 aromatic carbocycles. The second kappa shape index (κ2) is 8.71. The van der Waals surface area contributed by atoms with E-state index in [0.717, 1.165) is 44.9 Å². The lowest BCUT2D eigenvalue weighted by atomic mass is 10.1. The van der Waals surface area contributed by atoms with Crippen molar-refractivity contribution in [3.05, 3.63) is 76.6 Å². The van der Waals surface area contributed by atoms with Crippen LogP contribution in [0.15, 0.2) is 54.9 Å². The molecule has 0 aliphatic carbocycles. The summed E-state index contributed by atoms with van der Waals surface area (Å²) in [5.41, 5.74) is 4.00. The quantitative estimate of drug-likeness (QED) is 0.435. The maximum absolute atomic E-state index is 13.1. The van der Waals surface area contributed by atoms with Gasteiger partial charge in [-0.05, 0) is 61.7 Å². The highest BCUT2D eigenvalue weighted by atomic mass is 32.1. The fraction of sp³-hybridized carbons (Fsp3) is 0.250. The summed E-state index contributed by atoms with van der Waals surface area (Å²) in [5.74, 6) is 0.758. The van der Waals surface area contributed by atoms with E-state index in [9.17, 15) is 4.79 Å². The standard InChI is InChI=1S/C24H25N3O2S/c1-4-13-29-19-9-7-18(8-10-19)15-25-23(28)22-21(27-11-5-6-12-27)20-16(2)14-17(3)26-24(20)30-22/h5-12,14H,4,13,15H2,1-3H3,(H,25,28). The summed E-state index contributed by atoms with van der Waals surface area (Å²) in [6.07, 6.45) is 4.91. The summed E-state index contributed by atoms with van der Waals surface area (Å²) < 4.78 is 7.62. The molecule has 0 saturated heterocycles. The van der Waals surface area contributed by atoms with Crippen molar-refractivity contribution < 1.29 is 9.53 Å². The summed E-state index contributed by atoms with van der Waals surface area (Å²) in [6, 6.07) is 13.8. The summed E-state index contributed by atoms with van der Waals surface area (Å²) >= 11 is 1.44. The molecular formula is C24H25N3O2S. The summed E-state index contributed by atoms with van der Waals surface area (Å²) in [4.78, 5) is 19.4. The Kier molecular flexibility index (Phi) is 5.86. The number of pyridine rings is 1. The molecule has 0 bridgehead atoms. The minimum atomic E-state index is -0.0925. The fourth-order valence-corrected chi connectivity index (χ4v) is 4.70. The van der Waals surface area contributed by atoms with Crippen molar-refractivity contribution in [3.63, 3.8) is 0 Å². The van der Waals surface area contributed by atoms with Crippen LogP contribution >= 0.6 is 11.3 Å². The number of carbonyl (C=O) groups is 1. The number of aryl methyl sites for hydroxylation is 2. The van der Waals surface area contributed by atoms with Crippen LogP contribution in [-0.4, -0.2) is 22.1 Å². The zero-order valence-electron chi connectivity index (χ0n) is 17.4.